The zero-order chi connectivity index (χ0) is 19.3. The Bertz CT molecular complexity index is 1110. The molecule has 0 amide bonds. The van der Waals surface area contributed by atoms with Crippen LogP contribution in [0.25, 0.3) is 22.4 Å². The minimum atomic E-state index is 0.564. The van der Waals surface area contributed by atoms with Gasteiger partial charge in [0.1, 0.15) is 11.6 Å². The summed E-state index contributed by atoms with van der Waals surface area (Å²) < 4.78 is 5.29. The van der Waals surface area contributed by atoms with E-state index in [9.17, 15) is 0 Å². The summed E-state index contributed by atoms with van der Waals surface area (Å²) in [7, 11) is 1.65. The van der Waals surface area contributed by atoms with E-state index in [1.54, 1.807) is 7.11 Å². The van der Waals surface area contributed by atoms with E-state index in [4.69, 9.17) is 21.9 Å². The van der Waals surface area contributed by atoms with Gasteiger partial charge >= 0.3 is 0 Å². The molecular formula is C22H20N4OS. The molecule has 0 aliphatic carbocycles. The summed E-state index contributed by atoms with van der Waals surface area (Å²) in [6, 6.07) is 23.9. The van der Waals surface area contributed by atoms with Crippen LogP contribution in [0, 0.1) is 0 Å². The maximum Gasteiger partial charge on any atom is 0.171 e. The van der Waals surface area contributed by atoms with Gasteiger partial charge in [0.25, 0.3) is 0 Å². The Kier molecular flexibility index (Phi) is 5.21. The molecule has 0 spiro atoms. The molecule has 3 aromatic carbocycles. The van der Waals surface area contributed by atoms with Crippen molar-refractivity contribution in [2.24, 2.45) is 0 Å². The van der Waals surface area contributed by atoms with E-state index in [1.165, 1.54) is 5.56 Å². The number of anilines is 1. The molecule has 0 aliphatic heterocycles. The van der Waals surface area contributed by atoms with Gasteiger partial charge in [-0.3, -0.25) is 0 Å². The molecule has 140 valence electrons. The minimum absolute atomic E-state index is 0.564. The van der Waals surface area contributed by atoms with E-state index in [-0.39, 0.29) is 0 Å². The minimum Gasteiger partial charge on any atom is -0.497 e. The molecule has 0 saturated heterocycles. The zero-order valence-corrected chi connectivity index (χ0v) is 16.2. The average molecular weight is 388 g/mol. The highest BCUT2D eigenvalue weighted by atomic mass is 32.1. The van der Waals surface area contributed by atoms with Gasteiger partial charge in [-0.2, -0.15) is 0 Å². The van der Waals surface area contributed by atoms with Gasteiger partial charge in [-0.1, -0.05) is 42.5 Å². The number of aromatic nitrogens is 2. The van der Waals surface area contributed by atoms with Crippen molar-refractivity contribution in [2.75, 3.05) is 12.4 Å². The second kappa shape index (κ2) is 8.10. The Morgan fingerprint density at radius 2 is 1.82 bits per heavy atom. The summed E-state index contributed by atoms with van der Waals surface area (Å²) in [5, 5.41) is 7.09. The monoisotopic (exact) mass is 388 g/mol. The number of methoxy groups -OCH3 is 1. The van der Waals surface area contributed by atoms with Crippen molar-refractivity contribution in [1.82, 2.24) is 15.3 Å². The highest BCUT2D eigenvalue weighted by molar-refractivity contribution is 7.80. The molecule has 0 bridgehead atoms. The first-order valence-electron chi connectivity index (χ1n) is 8.95. The van der Waals surface area contributed by atoms with Crippen LogP contribution < -0.4 is 15.4 Å². The largest absolute Gasteiger partial charge is 0.497 e. The molecule has 0 aliphatic rings. The molecule has 28 heavy (non-hydrogen) atoms. The number of para-hydroxylation sites is 1. The van der Waals surface area contributed by atoms with Gasteiger partial charge in [0.05, 0.1) is 23.8 Å². The number of aromatic amines is 1. The highest BCUT2D eigenvalue weighted by Gasteiger charge is 2.11. The zero-order valence-electron chi connectivity index (χ0n) is 15.4. The van der Waals surface area contributed by atoms with E-state index >= 15 is 0 Å². The SMILES string of the molecule is COc1ccc2nc(-c3ccccc3NC(=S)NCc3ccccc3)[nH]c2c1. The van der Waals surface area contributed by atoms with Crippen molar-refractivity contribution in [3.63, 3.8) is 0 Å². The summed E-state index contributed by atoms with van der Waals surface area (Å²) >= 11 is 5.47. The predicted octanol–water partition coefficient (Wildman–Crippen LogP) is 4.73. The molecule has 1 heterocycles. The van der Waals surface area contributed by atoms with Crippen molar-refractivity contribution >= 4 is 34.1 Å². The van der Waals surface area contributed by atoms with Gasteiger partial charge in [0.2, 0.25) is 0 Å². The lowest BCUT2D eigenvalue weighted by atomic mass is 10.1. The standard InChI is InChI=1S/C22H20N4OS/c1-27-16-11-12-19-20(13-16)25-21(24-19)17-9-5-6-10-18(17)26-22(28)23-14-15-7-3-2-4-8-15/h2-13H,14H2,1H3,(H,24,25)(H2,23,26,28). The lowest BCUT2D eigenvalue weighted by molar-refractivity contribution is 0.415. The molecule has 0 unspecified atom stereocenters. The number of H-pyrrole nitrogens is 1. The fourth-order valence-electron chi connectivity index (χ4n) is 2.99. The molecule has 0 atom stereocenters. The van der Waals surface area contributed by atoms with Crippen molar-refractivity contribution in [3.8, 4) is 17.1 Å². The summed E-state index contributed by atoms with van der Waals surface area (Å²) in [6.07, 6.45) is 0. The van der Waals surface area contributed by atoms with E-state index in [2.05, 4.69) is 27.8 Å². The number of nitrogens with one attached hydrogen (secondary N) is 3. The van der Waals surface area contributed by atoms with Gasteiger partial charge in [0.15, 0.2) is 5.11 Å². The van der Waals surface area contributed by atoms with Gasteiger partial charge in [-0.05, 0) is 42.0 Å². The van der Waals surface area contributed by atoms with E-state index in [0.717, 1.165) is 33.9 Å². The number of benzene rings is 3. The van der Waals surface area contributed by atoms with Gasteiger partial charge in [0, 0.05) is 18.2 Å². The van der Waals surface area contributed by atoms with Crippen LogP contribution in [0.5, 0.6) is 5.75 Å². The van der Waals surface area contributed by atoms with Crippen molar-refractivity contribution < 1.29 is 4.74 Å². The maximum atomic E-state index is 5.47. The summed E-state index contributed by atoms with van der Waals surface area (Å²) in [5.41, 5.74) is 4.82. The summed E-state index contributed by atoms with van der Waals surface area (Å²) in [4.78, 5) is 8.07. The number of imidazole rings is 1. The van der Waals surface area contributed by atoms with Crippen LogP contribution in [-0.2, 0) is 6.54 Å². The second-order valence-corrected chi connectivity index (χ2v) is 6.72. The maximum absolute atomic E-state index is 5.47. The Morgan fingerprint density at radius 1 is 1.04 bits per heavy atom. The second-order valence-electron chi connectivity index (χ2n) is 6.31. The lowest BCUT2D eigenvalue weighted by Crippen LogP contribution is -2.28. The van der Waals surface area contributed by atoms with Crippen LogP contribution in [0.4, 0.5) is 5.69 Å². The van der Waals surface area contributed by atoms with Gasteiger partial charge in [-0.25, -0.2) is 4.98 Å². The third kappa shape index (κ3) is 3.97. The first-order valence-corrected chi connectivity index (χ1v) is 9.36. The number of ether oxygens (including phenoxy) is 1. The third-order valence-corrected chi connectivity index (χ3v) is 4.66. The molecule has 1 aromatic heterocycles. The van der Waals surface area contributed by atoms with Gasteiger partial charge in [-0.15, -0.1) is 0 Å². The number of thiocarbonyl (C=S) groups is 1. The van der Waals surface area contributed by atoms with Crippen molar-refractivity contribution in [2.45, 2.75) is 6.54 Å². The smallest absolute Gasteiger partial charge is 0.171 e. The van der Waals surface area contributed by atoms with E-state index in [1.807, 2.05) is 60.7 Å². The molecule has 4 aromatic rings. The number of fused-ring (bicyclic) bond motifs is 1. The van der Waals surface area contributed by atoms with Crippen LogP contribution in [-0.4, -0.2) is 22.2 Å². The van der Waals surface area contributed by atoms with Crippen LogP contribution in [0.1, 0.15) is 5.56 Å². The van der Waals surface area contributed by atoms with E-state index in [0.29, 0.717) is 11.7 Å². The number of nitrogens with zero attached hydrogens (tertiary/aromatic N) is 1. The van der Waals surface area contributed by atoms with Crippen LogP contribution in [0.2, 0.25) is 0 Å². The number of rotatable bonds is 5. The predicted molar refractivity (Wildman–Crippen MR) is 118 cm³/mol. The van der Waals surface area contributed by atoms with E-state index < -0.39 is 0 Å². The van der Waals surface area contributed by atoms with Crippen LogP contribution in [0.3, 0.4) is 0 Å². The summed E-state index contributed by atoms with van der Waals surface area (Å²) in [6.45, 7) is 0.666. The molecule has 6 heteroatoms. The number of hydrogen-bond donors (Lipinski definition) is 3. The molecule has 5 nitrogen and oxygen atoms in total. The third-order valence-electron chi connectivity index (χ3n) is 4.42. The molecule has 4 rings (SSSR count). The lowest BCUT2D eigenvalue weighted by Gasteiger charge is -2.13. The highest BCUT2D eigenvalue weighted by Crippen LogP contribution is 2.28. The molecule has 0 radical (unpaired) electrons. The average Bonchev–Trinajstić information content (AvgIpc) is 3.16. The summed E-state index contributed by atoms with van der Waals surface area (Å²) in [5.74, 6) is 1.57. The molecule has 0 fully saturated rings. The molecular weight excluding hydrogens is 368 g/mol. The molecule has 0 saturated carbocycles. The van der Waals surface area contributed by atoms with Crippen LogP contribution in [0.15, 0.2) is 72.8 Å². The quantitative estimate of drug-likeness (QED) is 0.432. The van der Waals surface area contributed by atoms with Crippen LogP contribution >= 0.6 is 12.2 Å². The Morgan fingerprint density at radius 3 is 2.64 bits per heavy atom. The van der Waals surface area contributed by atoms with Gasteiger partial charge < -0.3 is 20.4 Å². The number of hydrogen-bond acceptors (Lipinski definition) is 3. The topological polar surface area (TPSA) is 62.0 Å². The first kappa shape index (κ1) is 18.0. The van der Waals surface area contributed by atoms with Crippen molar-refractivity contribution in [1.29, 1.82) is 0 Å². The first-order chi connectivity index (χ1) is 13.7. The Hall–Kier alpha value is -3.38. The normalized spacial score (nSPS) is 10.6. The molecule has 3 N–H and O–H groups in total. The fraction of sp³-hybridized carbons (Fsp3) is 0.0909. The Labute approximate surface area is 168 Å². The fourth-order valence-corrected chi connectivity index (χ4v) is 3.17. The van der Waals surface area contributed by atoms with Crippen molar-refractivity contribution in [3.05, 3.63) is 78.4 Å². The Balaban J connectivity index is 1.54.